The number of aryl methyl sites for hydroxylation is 3. The van der Waals surface area contributed by atoms with Gasteiger partial charge >= 0.3 is 5.69 Å². The van der Waals surface area contributed by atoms with Crippen molar-refractivity contribution in [3.05, 3.63) is 84.0 Å². The van der Waals surface area contributed by atoms with Crippen LogP contribution >= 0.6 is 22.6 Å². The summed E-state index contributed by atoms with van der Waals surface area (Å²) in [5, 5.41) is 7.74. The van der Waals surface area contributed by atoms with Gasteiger partial charge in [-0.1, -0.05) is 6.07 Å². The highest BCUT2D eigenvalue weighted by molar-refractivity contribution is 14.1. The summed E-state index contributed by atoms with van der Waals surface area (Å²) in [4.78, 5) is 44.4. The average molecular weight is 598 g/mol. The Kier molecular flexibility index (Phi) is 6.54. The lowest BCUT2D eigenvalue weighted by Gasteiger charge is -2.30. The first-order chi connectivity index (χ1) is 17.2. The molecule has 3 heterocycles. The van der Waals surface area contributed by atoms with Crippen LogP contribution in [0.15, 0.2) is 52.2 Å². The summed E-state index contributed by atoms with van der Waals surface area (Å²) in [6.07, 6.45) is 4.23. The fraction of sp³-hybridized carbons (Fsp3) is 0.346. The minimum absolute atomic E-state index is 0.0333. The molecule has 1 aliphatic rings. The first kappa shape index (κ1) is 24.4. The standard InChI is InChI=1S/C26H27IN6O3/c1-15-11-21-23(28-14-15)32(20-6-4-5-17(27)13-20)26(36)33(25(21)35)19-9-7-18(8-10-19)29-24(34)22-12-16(2)31(3)30-22/h4-6,11-14,18-19H,7-10H2,1-3H3,(H,29,34). The van der Waals surface area contributed by atoms with Gasteiger partial charge in [0.25, 0.3) is 11.5 Å². The molecule has 0 unspecified atom stereocenters. The molecule has 1 fully saturated rings. The maximum Gasteiger partial charge on any atom is 0.337 e. The first-order valence-electron chi connectivity index (χ1n) is 11.9. The van der Waals surface area contributed by atoms with E-state index in [0.717, 1.165) is 14.8 Å². The number of nitrogens with zero attached hydrogens (tertiary/aromatic N) is 5. The number of benzene rings is 1. The van der Waals surface area contributed by atoms with Crippen molar-refractivity contribution < 1.29 is 4.79 Å². The number of nitrogens with one attached hydrogen (secondary N) is 1. The zero-order chi connectivity index (χ0) is 25.6. The molecule has 3 aromatic heterocycles. The van der Waals surface area contributed by atoms with Crippen LogP contribution in [0.1, 0.15) is 53.5 Å². The molecule has 0 saturated heterocycles. The van der Waals surface area contributed by atoms with Gasteiger partial charge in [-0.15, -0.1) is 0 Å². The molecule has 5 rings (SSSR count). The molecule has 10 heteroatoms. The Labute approximate surface area is 221 Å². The predicted molar refractivity (Wildman–Crippen MR) is 146 cm³/mol. The number of aromatic nitrogens is 5. The number of hydrogen-bond donors (Lipinski definition) is 1. The monoisotopic (exact) mass is 598 g/mol. The number of halogens is 1. The highest BCUT2D eigenvalue weighted by Crippen LogP contribution is 2.28. The third-order valence-corrected chi connectivity index (χ3v) is 7.54. The van der Waals surface area contributed by atoms with Crippen LogP contribution in [0.3, 0.4) is 0 Å². The Balaban J connectivity index is 1.47. The van der Waals surface area contributed by atoms with Crippen LogP contribution in [-0.2, 0) is 7.05 Å². The number of hydrogen-bond acceptors (Lipinski definition) is 5. The van der Waals surface area contributed by atoms with Crippen molar-refractivity contribution in [1.82, 2.24) is 29.2 Å². The van der Waals surface area contributed by atoms with Crippen molar-refractivity contribution in [1.29, 1.82) is 0 Å². The molecule has 1 amide bonds. The van der Waals surface area contributed by atoms with E-state index < -0.39 is 0 Å². The quantitative estimate of drug-likeness (QED) is 0.363. The van der Waals surface area contributed by atoms with Crippen LogP contribution in [0.25, 0.3) is 16.7 Å². The van der Waals surface area contributed by atoms with Gasteiger partial charge in [0, 0.05) is 34.6 Å². The molecule has 186 valence electrons. The van der Waals surface area contributed by atoms with E-state index in [4.69, 9.17) is 0 Å². The topological polar surface area (TPSA) is 104 Å². The van der Waals surface area contributed by atoms with E-state index in [1.807, 2.05) is 38.1 Å². The van der Waals surface area contributed by atoms with E-state index in [0.29, 0.717) is 48.1 Å². The van der Waals surface area contributed by atoms with Crippen LogP contribution < -0.4 is 16.6 Å². The van der Waals surface area contributed by atoms with Crippen LogP contribution in [0.2, 0.25) is 0 Å². The van der Waals surface area contributed by atoms with Gasteiger partial charge in [0.15, 0.2) is 5.65 Å². The molecule has 0 spiro atoms. The van der Waals surface area contributed by atoms with E-state index in [-0.39, 0.29) is 29.2 Å². The second-order valence-electron chi connectivity index (χ2n) is 9.43. The number of pyridine rings is 1. The predicted octanol–water partition coefficient (Wildman–Crippen LogP) is 3.42. The normalized spacial score (nSPS) is 17.9. The summed E-state index contributed by atoms with van der Waals surface area (Å²) in [5.41, 5.74) is 2.50. The summed E-state index contributed by atoms with van der Waals surface area (Å²) >= 11 is 2.21. The molecule has 0 bridgehead atoms. The second-order valence-corrected chi connectivity index (χ2v) is 10.7. The molecule has 36 heavy (non-hydrogen) atoms. The Morgan fingerprint density at radius 1 is 1.08 bits per heavy atom. The molecule has 4 aromatic rings. The van der Waals surface area contributed by atoms with Gasteiger partial charge < -0.3 is 5.32 Å². The maximum atomic E-state index is 13.8. The molecule has 1 aliphatic carbocycles. The first-order valence-corrected chi connectivity index (χ1v) is 13.0. The van der Waals surface area contributed by atoms with Gasteiger partial charge in [0.05, 0.1) is 11.1 Å². The summed E-state index contributed by atoms with van der Waals surface area (Å²) in [6.45, 7) is 3.78. The molecule has 0 aliphatic heterocycles. The van der Waals surface area contributed by atoms with E-state index in [1.165, 1.54) is 9.13 Å². The second kappa shape index (κ2) is 9.64. The Bertz CT molecular complexity index is 1570. The minimum atomic E-state index is -0.387. The van der Waals surface area contributed by atoms with Crippen molar-refractivity contribution in [2.75, 3.05) is 0 Å². The number of rotatable bonds is 4. The van der Waals surface area contributed by atoms with Crippen molar-refractivity contribution >= 4 is 39.5 Å². The number of carbonyl (C=O) groups excluding carboxylic acids is 1. The summed E-state index contributed by atoms with van der Waals surface area (Å²) in [7, 11) is 1.80. The fourth-order valence-electron chi connectivity index (χ4n) is 4.89. The van der Waals surface area contributed by atoms with E-state index >= 15 is 0 Å². The molecule has 0 radical (unpaired) electrons. The van der Waals surface area contributed by atoms with Crippen LogP contribution in [0.4, 0.5) is 0 Å². The SMILES string of the molecule is Cc1cnc2c(c1)c(=O)n(C1CCC(NC(=O)c3cc(C)n(C)n3)CC1)c(=O)n2-c1cccc(I)c1. The maximum absolute atomic E-state index is 13.8. The number of amides is 1. The summed E-state index contributed by atoms with van der Waals surface area (Å²) in [6, 6.07) is 10.9. The van der Waals surface area contributed by atoms with Crippen molar-refractivity contribution in [2.45, 2.75) is 51.6 Å². The molecular formula is C26H27IN6O3. The van der Waals surface area contributed by atoms with E-state index in [1.54, 1.807) is 30.1 Å². The Hall–Kier alpha value is -3.28. The fourth-order valence-corrected chi connectivity index (χ4v) is 5.42. The van der Waals surface area contributed by atoms with Crippen molar-refractivity contribution in [2.24, 2.45) is 7.05 Å². The van der Waals surface area contributed by atoms with Gasteiger partial charge in [0.1, 0.15) is 5.69 Å². The summed E-state index contributed by atoms with van der Waals surface area (Å²) in [5.74, 6) is -0.201. The van der Waals surface area contributed by atoms with Gasteiger partial charge in [-0.3, -0.25) is 18.8 Å². The molecule has 1 aromatic carbocycles. The van der Waals surface area contributed by atoms with Crippen LogP contribution in [0, 0.1) is 17.4 Å². The third-order valence-electron chi connectivity index (χ3n) is 6.87. The lowest BCUT2D eigenvalue weighted by molar-refractivity contribution is 0.0916. The van der Waals surface area contributed by atoms with Gasteiger partial charge in [-0.2, -0.15) is 5.10 Å². The van der Waals surface area contributed by atoms with Crippen LogP contribution in [-0.4, -0.2) is 35.8 Å². The van der Waals surface area contributed by atoms with Gasteiger partial charge in [-0.05, 0) is 98.0 Å². The van der Waals surface area contributed by atoms with Crippen molar-refractivity contribution in [3.8, 4) is 5.69 Å². The number of carbonyl (C=O) groups is 1. The number of fused-ring (bicyclic) bond motifs is 1. The average Bonchev–Trinajstić information content (AvgIpc) is 3.19. The lowest BCUT2D eigenvalue weighted by Crippen LogP contribution is -2.45. The molecule has 1 saturated carbocycles. The lowest BCUT2D eigenvalue weighted by atomic mass is 9.90. The largest absolute Gasteiger partial charge is 0.348 e. The third kappa shape index (κ3) is 4.49. The van der Waals surface area contributed by atoms with E-state index in [9.17, 15) is 14.4 Å². The molecule has 0 atom stereocenters. The highest BCUT2D eigenvalue weighted by atomic mass is 127. The molecule has 1 N–H and O–H groups in total. The van der Waals surface area contributed by atoms with E-state index in [2.05, 4.69) is 38.0 Å². The Morgan fingerprint density at radius 3 is 2.50 bits per heavy atom. The van der Waals surface area contributed by atoms with Crippen LogP contribution in [0.5, 0.6) is 0 Å². The smallest absolute Gasteiger partial charge is 0.337 e. The van der Waals surface area contributed by atoms with Gasteiger partial charge in [0.2, 0.25) is 0 Å². The van der Waals surface area contributed by atoms with Gasteiger partial charge in [-0.25, -0.2) is 14.3 Å². The zero-order valence-corrected chi connectivity index (χ0v) is 22.5. The Morgan fingerprint density at radius 2 is 1.83 bits per heavy atom. The highest BCUT2D eigenvalue weighted by Gasteiger charge is 2.28. The zero-order valence-electron chi connectivity index (χ0n) is 20.4. The summed E-state index contributed by atoms with van der Waals surface area (Å²) < 4.78 is 5.58. The molecule has 9 nitrogen and oxygen atoms in total. The molecular weight excluding hydrogens is 571 g/mol. The minimum Gasteiger partial charge on any atom is -0.348 e. The van der Waals surface area contributed by atoms with Crippen molar-refractivity contribution in [3.63, 3.8) is 0 Å².